The molecule has 0 saturated heterocycles. The summed E-state index contributed by atoms with van der Waals surface area (Å²) in [5.41, 5.74) is 2.50. The fraction of sp³-hybridized carbons (Fsp3) is 0.0435. The Morgan fingerprint density at radius 1 is 0.900 bits per heavy atom. The van der Waals surface area contributed by atoms with Crippen molar-refractivity contribution in [2.24, 2.45) is 4.99 Å². The number of benzene rings is 2. The van der Waals surface area contributed by atoms with Crippen LogP contribution in [0.5, 0.6) is 17.2 Å². The fourth-order valence-electron chi connectivity index (χ4n) is 3.50. The standard InChI is InChI=1S/C23H13NO5S/c25-23-21(24-22(29-23)20-6-3-9-30-20)15-11-18(28-16-5-2-1-4-14(15)16)13-7-8-17-19(10-13)27-12-26-17/h1-11H,12H2/b21-15-. The highest BCUT2D eigenvalue weighted by molar-refractivity contribution is 7.12. The van der Waals surface area contributed by atoms with Crippen LogP contribution < -0.4 is 14.2 Å². The molecule has 0 spiro atoms. The number of carbonyl (C=O) groups excluding carboxylic acids is 1. The molecule has 3 aliphatic heterocycles. The Bertz CT molecular complexity index is 1290. The second-order valence-corrected chi connectivity index (χ2v) is 7.67. The van der Waals surface area contributed by atoms with Gasteiger partial charge in [-0.15, -0.1) is 11.3 Å². The summed E-state index contributed by atoms with van der Waals surface area (Å²) in [6.07, 6.45) is 1.82. The average molecular weight is 415 g/mol. The van der Waals surface area contributed by atoms with Crippen LogP contribution >= 0.6 is 11.3 Å². The number of thiophene rings is 1. The molecule has 0 radical (unpaired) electrons. The number of rotatable bonds is 2. The summed E-state index contributed by atoms with van der Waals surface area (Å²) in [5, 5.41) is 1.91. The predicted octanol–water partition coefficient (Wildman–Crippen LogP) is 4.63. The van der Waals surface area contributed by atoms with E-state index in [1.54, 1.807) is 0 Å². The molecule has 30 heavy (non-hydrogen) atoms. The minimum Gasteiger partial charge on any atom is -0.456 e. The zero-order valence-electron chi connectivity index (χ0n) is 15.5. The quantitative estimate of drug-likeness (QED) is 0.451. The maximum absolute atomic E-state index is 12.7. The first-order valence-electron chi connectivity index (χ1n) is 9.24. The van der Waals surface area contributed by atoms with Crippen molar-refractivity contribution >= 4 is 34.5 Å². The summed E-state index contributed by atoms with van der Waals surface area (Å²) in [6.45, 7) is 0.197. The molecule has 0 amide bonds. The lowest BCUT2D eigenvalue weighted by atomic mass is 9.97. The van der Waals surface area contributed by atoms with Gasteiger partial charge in [0.05, 0.1) is 4.88 Å². The first kappa shape index (κ1) is 17.1. The molecule has 0 saturated carbocycles. The Morgan fingerprint density at radius 2 is 1.80 bits per heavy atom. The molecule has 6 rings (SSSR count). The monoisotopic (exact) mass is 415 g/mol. The first-order valence-corrected chi connectivity index (χ1v) is 10.1. The Hall–Kier alpha value is -3.84. The third-order valence-corrected chi connectivity index (χ3v) is 5.77. The van der Waals surface area contributed by atoms with Gasteiger partial charge in [-0.3, -0.25) is 0 Å². The van der Waals surface area contributed by atoms with Gasteiger partial charge in [-0.05, 0) is 41.8 Å². The van der Waals surface area contributed by atoms with Crippen LogP contribution in [0.1, 0.15) is 16.0 Å². The third kappa shape index (κ3) is 2.71. The van der Waals surface area contributed by atoms with Gasteiger partial charge in [-0.25, -0.2) is 9.79 Å². The molecule has 0 atom stereocenters. The highest BCUT2D eigenvalue weighted by atomic mass is 32.1. The average Bonchev–Trinajstić information content (AvgIpc) is 3.53. The van der Waals surface area contributed by atoms with Gasteiger partial charge in [-0.2, -0.15) is 0 Å². The number of fused-ring (bicyclic) bond motifs is 2. The molecule has 3 aromatic rings. The van der Waals surface area contributed by atoms with Gasteiger partial charge in [0.1, 0.15) is 11.5 Å². The van der Waals surface area contributed by atoms with E-state index in [-0.39, 0.29) is 12.5 Å². The lowest BCUT2D eigenvalue weighted by molar-refractivity contribution is -0.129. The number of hydrogen-bond acceptors (Lipinski definition) is 7. The van der Waals surface area contributed by atoms with E-state index in [4.69, 9.17) is 18.9 Å². The lowest BCUT2D eigenvalue weighted by Crippen LogP contribution is -2.08. The molecule has 0 bridgehead atoms. The van der Waals surface area contributed by atoms with E-state index in [2.05, 4.69) is 4.99 Å². The zero-order valence-corrected chi connectivity index (χ0v) is 16.3. The molecule has 0 unspecified atom stereocenters. The molecular weight excluding hydrogens is 402 g/mol. The Balaban J connectivity index is 1.51. The number of para-hydroxylation sites is 1. The van der Waals surface area contributed by atoms with Crippen molar-refractivity contribution in [1.82, 2.24) is 0 Å². The maximum Gasteiger partial charge on any atom is 0.364 e. The third-order valence-electron chi connectivity index (χ3n) is 4.91. The summed E-state index contributed by atoms with van der Waals surface area (Å²) >= 11 is 1.47. The minimum absolute atomic E-state index is 0.197. The molecule has 2 aromatic carbocycles. The van der Waals surface area contributed by atoms with E-state index in [0.29, 0.717) is 34.5 Å². The van der Waals surface area contributed by atoms with Gasteiger partial charge in [0, 0.05) is 16.7 Å². The largest absolute Gasteiger partial charge is 0.456 e. The van der Waals surface area contributed by atoms with Gasteiger partial charge >= 0.3 is 5.97 Å². The van der Waals surface area contributed by atoms with Gasteiger partial charge < -0.3 is 18.9 Å². The number of aliphatic imine (C=N–C) groups is 1. The Morgan fingerprint density at radius 3 is 2.70 bits per heavy atom. The summed E-state index contributed by atoms with van der Waals surface area (Å²) < 4.78 is 22.5. The van der Waals surface area contributed by atoms with E-state index in [1.165, 1.54) is 11.3 Å². The fourth-order valence-corrected chi connectivity index (χ4v) is 4.15. The van der Waals surface area contributed by atoms with Crippen LogP contribution in [0.4, 0.5) is 0 Å². The van der Waals surface area contributed by atoms with Crippen LogP contribution in [0.25, 0.3) is 11.3 Å². The van der Waals surface area contributed by atoms with Gasteiger partial charge in [0.15, 0.2) is 17.2 Å². The number of esters is 1. The summed E-state index contributed by atoms with van der Waals surface area (Å²) in [5.74, 6) is 2.41. The van der Waals surface area contributed by atoms with Crippen LogP contribution in [-0.4, -0.2) is 18.7 Å². The number of cyclic esters (lactones) is 1. The molecule has 0 N–H and O–H groups in total. The molecule has 7 heteroatoms. The van der Waals surface area contributed by atoms with E-state index in [1.807, 2.05) is 66.1 Å². The predicted molar refractivity (Wildman–Crippen MR) is 111 cm³/mol. The highest BCUT2D eigenvalue weighted by Gasteiger charge is 2.31. The van der Waals surface area contributed by atoms with Crippen LogP contribution in [0, 0.1) is 0 Å². The lowest BCUT2D eigenvalue weighted by Gasteiger charge is -2.20. The SMILES string of the molecule is O=C1OC(c2cccs2)=N/C1=C1/C=C(c2ccc3c(c2)OCO3)Oc2ccccc21. The number of nitrogens with zero attached hydrogens (tertiary/aromatic N) is 1. The number of hydrogen-bond donors (Lipinski definition) is 0. The van der Waals surface area contributed by atoms with Crippen LogP contribution in [-0.2, 0) is 9.53 Å². The molecule has 3 aliphatic rings. The van der Waals surface area contributed by atoms with Crippen molar-refractivity contribution in [3.8, 4) is 17.2 Å². The molecule has 4 heterocycles. The maximum atomic E-state index is 12.7. The van der Waals surface area contributed by atoms with Gasteiger partial charge in [0.2, 0.25) is 12.7 Å². The van der Waals surface area contributed by atoms with Crippen LogP contribution in [0.2, 0.25) is 0 Å². The molecule has 146 valence electrons. The van der Waals surface area contributed by atoms with E-state index < -0.39 is 5.97 Å². The first-order chi connectivity index (χ1) is 14.8. The molecular formula is C23H13NO5S. The summed E-state index contributed by atoms with van der Waals surface area (Å²) in [6, 6.07) is 16.9. The van der Waals surface area contributed by atoms with E-state index >= 15 is 0 Å². The number of allylic oxidation sites excluding steroid dienone is 2. The minimum atomic E-state index is -0.480. The number of ether oxygens (including phenoxy) is 4. The molecule has 0 fully saturated rings. The molecule has 0 aliphatic carbocycles. The second-order valence-electron chi connectivity index (χ2n) is 6.72. The van der Waals surface area contributed by atoms with Crippen molar-refractivity contribution in [2.45, 2.75) is 0 Å². The van der Waals surface area contributed by atoms with Crippen molar-refractivity contribution in [1.29, 1.82) is 0 Å². The van der Waals surface area contributed by atoms with Crippen molar-refractivity contribution in [3.63, 3.8) is 0 Å². The van der Waals surface area contributed by atoms with Gasteiger partial charge in [-0.1, -0.05) is 24.3 Å². The molecule has 6 nitrogen and oxygen atoms in total. The van der Waals surface area contributed by atoms with Gasteiger partial charge in [0.25, 0.3) is 0 Å². The highest BCUT2D eigenvalue weighted by Crippen LogP contribution is 2.42. The van der Waals surface area contributed by atoms with Crippen LogP contribution in [0.15, 0.2) is 76.7 Å². The summed E-state index contributed by atoms with van der Waals surface area (Å²) in [7, 11) is 0. The van der Waals surface area contributed by atoms with Crippen LogP contribution in [0.3, 0.4) is 0 Å². The smallest absolute Gasteiger partial charge is 0.364 e. The van der Waals surface area contributed by atoms with Crippen molar-refractivity contribution < 1.29 is 23.7 Å². The number of carbonyl (C=O) groups is 1. The Labute approximate surface area is 175 Å². The molecule has 1 aromatic heterocycles. The summed E-state index contributed by atoms with van der Waals surface area (Å²) in [4.78, 5) is 18.0. The normalized spacial score (nSPS) is 19.0. The van der Waals surface area contributed by atoms with E-state index in [0.717, 1.165) is 16.0 Å². The van der Waals surface area contributed by atoms with E-state index in [9.17, 15) is 4.79 Å². The van der Waals surface area contributed by atoms with Crippen molar-refractivity contribution in [2.75, 3.05) is 6.79 Å². The second kappa shape index (κ2) is 6.60. The zero-order chi connectivity index (χ0) is 20.1. The Kier molecular flexibility index (Phi) is 3.75. The van der Waals surface area contributed by atoms with Crippen molar-refractivity contribution in [3.05, 3.63) is 87.8 Å². The topological polar surface area (TPSA) is 66.4 Å².